The van der Waals surface area contributed by atoms with Crippen LogP contribution in [0.1, 0.15) is 5.56 Å². The average molecular weight is 432 g/mol. The van der Waals surface area contributed by atoms with Crippen molar-refractivity contribution in [3.63, 3.8) is 0 Å². The Hall–Kier alpha value is -2.72. The van der Waals surface area contributed by atoms with Crippen LogP contribution >= 0.6 is 27.7 Å². The Labute approximate surface area is 159 Å². The van der Waals surface area contributed by atoms with Gasteiger partial charge in [0.1, 0.15) is 0 Å². The molecule has 8 nitrogen and oxygen atoms in total. The summed E-state index contributed by atoms with van der Waals surface area (Å²) < 4.78 is 8.36. The number of hydrogen-bond acceptors (Lipinski definition) is 7. The molecule has 0 saturated carbocycles. The van der Waals surface area contributed by atoms with Crippen LogP contribution in [0.25, 0.3) is 17.0 Å². The lowest BCUT2D eigenvalue weighted by Crippen LogP contribution is -1.89. The van der Waals surface area contributed by atoms with Crippen molar-refractivity contribution in [1.29, 1.82) is 0 Å². The highest BCUT2D eigenvalue weighted by Crippen LogP contribution is 2.34. The molecule has 0 aliphatic heterocycles. The summed E-state index contributed by atoms with van der Waals surface area (Å²) in [6.07, 6.45) is 3.48. The summed E-state index contributed by atoms with van der Waals surface area (Å²) in [6, 6.07) is 8.44. The number of nitrogens with zero attached hydrogens (tertiary/aromatic N) is 5. The minimum atomic E-state index is -0.431. The van der Waals surface area contributed by atoms with Gasteiger partial charge < -0.3 is 4.42 Å². The number of halogens is 1. The second-order valence-corrected chi connectivity index (χ2v) is 7.32. The summed E-state index contributed by atoms with van der Waals surface area (Å²) >= 11 is 4.62. The Morgan fingerprint density at radius 3 is 2.92 bits per heavy atom. The number of fused-ring (bicyclic) bond motifs is 1. The summed E-state index contributed by atoms with van der Waals surface area (Å²) in [7, 11) is 0. The van der Waals surface area contributed by atoms with Crippen LogP contribution in [-0.2, 0) is 0 Å². The number of pyridine rings is 1. The average Bonchev–Trinajstić information content (AvgIpc) is 3.22. The number of rotatable bonds is 4. The van der Waals surface area contributed by atoms with Gasteiger partial charge in [-0.1, -0.05) is 22.0 Å². The maximum Gasteiger partial charge on any atom is 0.281 e. The lowest BCUT2D eigenvalue weighted by molar-refractivity contribution is -0.385. The van der Waals surface area contributed by atoms with Crippen LogP contribution in [0.4, 0.5) is 5.69 Å². The van der Waals surface area contributed by atoms with Gasteiger partial charge in [-0.25, -0.2) is 4.52 Å². The number of nitro benzene ring substituents is 1. The van der Waals surface area contributed by atoms with E-state index in [4.69, 9.17) is 4.42 Å². The van der Waals surface area contributed by atoms with E-state index in [1.165, 1.54) is 23.9 Å². The number of nitro groups is 1. The van der Waals surface area contributed by atoms with E-state index in [0.717, 1.165) is 15.6 Å². The number of aromatic nitrogens is 4. The molecule has 0 aliphatic carbocycles. The molecule has 4 aromatic rings. The van der Waals surface area contributed by atoms with Crippen LogP contribution in [0.15, 0.2) is 61.7 Å². The fourth-order valence-electron chi connectivity index (χ4n) is 2.39. The molecule has 0 bridgehead atoms. The molecule has 26 heavy (non-hydrogen) atoms. The van der Waals surface area contributed by atoms with E-state index in [9.17, 15) is 10.1 Å². The highest BCUT2D eigenvalue weighted by atomic mass is 79.9. The van der Waals surface area contributed by atoms with Crippen molar-refractivity contribution in [2.75, 3.05) is 0 Å². The third kappa shape index (κ3) is 3.08. The van der Waals surface area contributed by atoms with Crippen LogP contribution in [0.5, 0.6) is 0 Å². The summed E-state index contributed by atoms with van der Waals surface area (Å²) in [6.45, 7) is 1.87. The Bertz CT molecular complexity index is 1140. The zero-order chi connectivity index (χ0) is 18.3. The van der Waals surface area contributed by atoms with Gasteiger partial charge in [0.25, 0.3) is 16.8 Å². The molecule has 0 saturated heterocycles. The quantitative estimate of drug-likeness (QED) is 0.345. The van der Waals surface area contributed by atoms with E-state index >= 15 is 0 Å². The second-order valence-electron chi connectivity index (χ2n) is 5.42. The first kappa shape index (κ1) is 16.7. The van der Waals surface area contributed by atoms with Gasteiger partial charge in [0.2, 0.25) is 0 Å². The van der Waals surface area contributed by atoms with Crippen LogP contribution in [0.3, 0.4) is 0 Å². The molecule has 3 heterocycles. The van der Waals surface area contributed by atoms with Crippen molar-refractivity contribution in [2.45, 2.75) is 17.0 Å². The zero-order valence-corrected chi connectivity index (χ0v) is 15.7. The van der Waals surface area contributed by atoms with Crippen molar-refractivity contribution >= 4 is 38.9 Å². The van der Waals surface area contributed by atoms with Crippen molar-refractivity contribution in [1.82, 2.24) is 19.8 Å². The summed E-state index contributed by atoms with van der Waals surface area (Å²) in [5, 5.41) is 23.6. The molecule has 0 unspecified atom stereocenters. The summed E-state index contributed by atoms with van der Waals surface area (Å²) in [5.41, 5.74) is 2.44. The molecule has 4 rings (SSSR count). The summed E-state index contributed by atoms with van der Waals surface area (Å²) in [4.78, 5) is 11.2. The van der Waals surface area contributed by atoms with Gasteiger partial charge >= 0.3 is 0 Å². The molecule has 0 spiro atoms. The largest absolute Gasteiger partial charge is 0.411 e. The molecule has 130 valence electrons. The first-order chi connectivity index (χ1) is 12.5. The molecule has 1 aromatic carbocycles. The molecule has 0 aliphatic rings. The minimum absolute atomic E-state index is 0.0188. The lowest BCUT2D eigenvalue weighted by Gasteiger charge is -2.01. The number of hydrogen-bond donors (Lipinski definition) is 0. The first-order valence-corrected chi connectivity index (χ1v) is 9.02. The number of aryl methyl sites for hydroxylation is 1. The monoisotopic (exact) mass is 431 g/mol. The van der Waals surface area contributed by atoms with Gasteiger partial charge in [-0.15, -0.1) is 10.2 Å². The van der Waals surface area contributed by atoms with Crippen molar-refractivity contribution < 1.29 is 9.34 Å². The van der Waals surface area contributed by atoms with Crippen LogP contribution in [0.2, 0.25) is 0 Å². The maximum absolute atomic E-state index is 11.0. The SMILES string of the molecule is Cc1ccc([N+](=O)[O-])cc1Sc1nnc(-c2cnn3ccc(Br)cc23)o1. The van der Waals surface area contributed by atoms with Crippen LogP contribution < -0.4 is 0 Å². The fraction of sp³-hybridized carbons (Fsp3) is 0.0625. The van der Waals surface area contributed by atoms with Crippen LogP contribution in [-0.4, -0.2) is 24.7 Å². The van der Waals surface area contributed by atoms with Gasteiger partial charge in [0, 0.05) is 27.7 Å². The fourth-order valence-corrected chi connectivity index (χ4v) is 3.52. The van der Waals surface area contributed by atoms with Gasteiger partial charge in [0.05, 0.1) is 22.2 Å². The van der Waals surface area contributed by atoms with E-state index in [0.29, 0.717) is 21.6 Å². The topological polar surface area (TPSA) is 99.4 Å². The highest BCUT2D eigenvalue weighted by Gasteiger charge is 2.17. The Kier molecular flexibility index (Phi) is 4.21. The van der Waals surface area contributed by atoms with Crippen molar-refractivity contribution in [3.8, 4) is 11.5 Å². The Morgan fingerprint density at radius 2 is 2.12 bits per heavy atom. The summed E-state index contributed by atoms with van der Waals surface area (Å²) in [5.74, 6) is 0.337. The maximum atomic E-state index is 11.0. The van der Waals surface area contributed by atoms with Crippen LogP contribution in [0, 0.1) is 17.0 Å². The predicted octanol–water partition coefficient (Wildman–Crippen LogP) is 4.51. The third-order valence-electron chi connectivity index (χ3n) is 3.70. The predicted molar refractivity (Wildman–Crippen MR) is 98.1 cm³/mol. The smallest absolute Gasteiger partial charge is 0.281 e. The highest BCUT2D eigenvalue weighted by molar-refractivity contribution is 9.10. The van der Waals surface area contributed by atoms with Crippen molar-refractivity contribution in [2.24, 2.45) is 0 Å². The van der Waals surface area contributed by atoms with E-state index in [1.807, 2.05) is 25.3 Å². The number of non-ortho nitro benzene ring substituents is 1. The van der Waals surface area contributed by atoms with E-state index in [1.54, 1.807) is 16.8 Å². The molecule has 0 radical (unpaired) electrons. The Balaban J connectivity index is 1.67. The molecule has 0 fully saturated rings. The molecular formula is C16H10BrN5O3S. The van der Waals surface area contributed by atoms with E-state index in [2.05, 4.69) is 31.2 Å². The molecule has 0 amide bonds. The normalized spacial score (nSPS) is 11.2. The second kappa shape index (κ2) is 6.54. The third-order valence-corrected chi connectivity index (χ3v) is 5.19. The number of benzene rings is 1. The van der Waals surface area contributed by atoms with Crippen molar-refractivity contribution in [3.05, 3.63) is 62.9 Å². The molecule has 0 atom stereocenters. The molecular weight excluding hydrogens is 422 g/mol. The first-order valence-electron chi connectivity index (χ1n) is 7.41. The Morgan fingerprint density at radius 1 is 1.27 bits per heavy atom. The van der Waals surface area contributed by atoms with E-state index < -0.39 is 4.92 Å². The van der Waals surface area contributed by atoms with Gasteiger partial charge in [-0.2, -0.15) is 5.10 Å². The van der Waals surface area contributed by atoms with Gasteiger partial charge in [-0.3, -0.25) is 10.1 Å². The molecule has 0 N–H and O–H groups in total. The zero-order valence-electron chi connectivity index (χ0n) is 13.3. The standard InChI is InChI=1S/C16H10BrN5O3S/c1-9-2-3-11(22(23)24)7-14(9)26-16-20-19-15(25-16)12-8-18-21-5-4-10(17)6-13(12)21/h2-8H,1H3. The molecule has 3 aromatic heterocycles. The molecule has 10 heteroatoms. The van der Waals surface area contributed by atoms with Gasteiger partial charge in [0.15, 0.2) is 0 Å². The van der Waals surface area contributed by atoms with E-state index in [-0.39, 0.29) is 5.69 Å². The van der Waals surface area contributed by atoms with Gasteiger partial charge in [-0.05, 0) is 36.4 Å². The minimum Gasteiger partial charge on any atom is -0.411 e. The lowest BCUT2D eigenvalue weighted by atomic mass is 10.2.